The molecular formula is C16H22N2O2. The van der Waals surface area contributed by atoms with Gasteiger partial charge in [-0.3, -0.25) is 4.79 Å². The maximum absolute atomic E-state index is 12.5. The van der Waals surface area contributed by atoms with Gasteiger partial charge in [0.2, 0.25) is 0 Å². The number of carbonyl (C=O) groups is 1. The number of benzene rings is 1. The van der Waals surface area contributed by atoms with Crippen LogP contribution in [0, 0.1) is 0 Å². The first-order valence-corrected chi connectivity index (χ1v) is 7.40. The van der Waals surface area contributed by atoms with E-state index < -0.39 is 0 Å². The second kappa shape index (κ2) is 5.94. The molecule has 1 aromatic carbocycles. The van der Waals surface area contributed by atoms with Crippen molar-refractivity contribution in [3.05, 3.63) is 35.4 Å². The molecule has 2 saturated heterocycles. The zero-order chi connectivity index (χ0) is 13.9. The molecular weight excluding hydrogens is 252 g/mol. The lowest BCUT2D eigenvalue weighted by molar-refractivity contribution is 0.0919. The Morgan fingerprint density at radius 2 is 2.00 bits per heavy atom. The Kier molecular flexibility index (Phi) is 4.03. The first-order valence-electron chi connectivity index (χ1n) is 7.40. The molecule has 108 valence electrons. The van der Waals surface area contributed by atoms with E-state index in [-0.39, 0.29) is 5.91 Å². The molecule has 0 radical (unpaired) electrons. The Morgan fingerprint density at radius 1 is 1.30 bits per heavy atom. The number of amides is 1. The van der Waals surface area contributed by atoms with E-state index in [0.717, 1.165) is 24.0 Å². The van der Waals surface area contributed by atoms with Gasteiger partial charge in [-0.25, -0.2) is 0 Å². The van der Waals surface area contributed by atoms with Gasteiger partial charge in [0.25, 0.3) is 5.91 Å². The smallest absolute Gasteiger partial charge is 0.251 e. The number of rotatable bonds is 4. The molecule has 4 heteroatoms. The van der Waals surface area contributed by atoms with Gasteiger partial charge in [0.15, 0.2) is 0 Å². The van der Waals surface area contributed by atoms with E-state index in [2.05, 4.69) is 10.6 Å². The third kappa shape index (κ3) is 2.86. The van der Waals surface area contributed by atoms with Gasteiger partial charge in [-0.2, -0.15) is 0 Å². The summed E-state index contributed by atoms with van der Waals surface area (Å²) in [7, 11) is 1.65. The van der Waals surface area contributed by atoms with Crippen molar-refractivity contribution in [3.63, 3.8) is 0 Å². The predicted octanol–water partition coefficient (Wildman–Crippen LogP) is 1.85. The summed E-state index contributed by atoms with van der Waals surface area (Å²) in [6, 6.07) is 9.15. The third-order valence-electron chi connectivity index (χ3n) is 4.37. The molecule has 0 aliphatic carbocycles. The molecule has 2 fully saturated rings. The van der Waals surface area contributed by atoms with Crippen molar-refractivity contribution < 1.29 is 9.53 Å². The molecule has 2 unspecified atom stereocenters. The van der Waals surface area contributed by atoms with Crippen molar-refractivity contribution in [2.24, 2.45) is 0 Å². The van der Waals surface area contributed by atoms with Crippen LogP contribution in [0.5, 0.6) is 0 Å². The zero-order valence-electron chi connectivity index (χ0n) is 11.9. The summed E-state index contributed by atoms with van der Waals surface area (Å²) < 4.78 is 5.16. The Hall–Kier alpha value is -1.39. The van der Waals surface area contributed by atoms with Crippen LogP contribution in [0.4, 0.5) is 0 Å². The van der Waals surface area contributed by atoms with Gasteiger partial charge in [0.05, 0.1) is 6.61 Å². The first-order chi connectivity index (χ1) is 9.76. The summed E-state index contributed by atoms with van der Waals surface area (Å²) in [5.74, 6) is 0.0314. The molecule has 2 heterocycles. The topological polar surface area (TPSA) is 50.4 Å². The second-order valence-corrected chi connectivity index (χ2v) is 5.87. The molecule has 0 spiro atoms. The number of hydrogen-bond donors (Lipinski definition) is 2. The summed E-state index contributed by atoms with van der Waals surface area (Å²) in [6.45, 7) is 0.473. The minimum atomic E-state index is 0.0314. The van der Waals surface area contributed by atoms with Gasteiger partial charge in [0, 0.05) is 30.8 Å². The summed E-state index contributed by atoms with van der Waals surface area (Å²) in [6.07, 6.45) is 4.60. The summed E-state index contributed by atoms with van der Waals surface area (Å²) in [5, 5.41) is 6.79. The quantitative estimate of drug-likeness (QED) is 0.881. The maximum Gasteiger partial charge on any atom is 0.251 e. The number of ether oxygens (including phenoxy) is 1. The highest BCUT2D eigenvalue weighted by Gasteiger charge is 2.34. The lowest BCUT2D eigenvalue weighted by atomic mass is 9.99. The van der Waals surface area contributed by atoms with Crippen molar-refractivity contribution in [1.29, 1.82) is 0 Å². The van der Waals surface area contributed by atoms with E-state index in [1.165, 1.54) is 12.8 Å². The van der Waals surface area contributed by atoms with E-state index in [4.69, 9.17) is 4.74 Å². The normalized spacial score (nSPS) is 28.4. The molecule has 2 atom stereocenters. The molecule has 4 nitrogen and oxygen atoms in total. The molecule has 2 aliphatic rings. The van der Waals surface area contributed by atoms with Crippen LogP contribution in [-0.2, 0) is 11.3 Å². The molecule has 0 aromatic heterocycles. The number of hydrogen-bond acceptors (Lipinski definition) is 3. The van der Waals surface area contributed by atoms with E-state index in [1.807, 2.05) is 24.3 Å². The van der Waals surface area contributed by atoms with E-state index in [0.29, 0.717) is 24.7 Å². The fourth-order valence-electron chi connectivity index (χ4n) is 3.46. The molecule has 2 aliphatic heterocycles. The second-order valence-electron chi connectivity index (χ2n) is 5.87. The molecule has 2 N–H and O–H groups in total. The van der Waals surface area contributed by atoms with Gasteiger partial charge in [-0.1, -0.05) is 18.2 Å². The lowest BCUT2D eigenvalue weighted by Crippen LogP contribution is -2.48. The fraction of sp³-hybridized carbons (Fsp3) is 0.562. The van der Waals surface area contributed by atoms with Gasteiger partial charge in [-0.15, -0.1) is 0 Å². The van der Waals surface area contributed by atoms with Gasteiger partial charge in [0.1, 0.15) is 0 Å². The van der Waals surface area contributed by atoms with Crippen molar-refractivity contribution in [1.82, 2.24) is 10.6 Å². The van der Waals surface area contributed by atoms with Crippen molar-refractivity contribution in [2.45, 2.75) is 50.4 Å². The Bertz CT molecular complexity index is 477. The van der Waals surface area contributed by atoms with Crippen molar-refractivity contribution in [3.8, 4) is 0 Å². The number of carbonyl (C=O) groups excluding carboxylic acids is 1. The number of fused-ring (bicyclic) bond motifs is 2. The maximum atomic E-state index is 12.5. The number of nitrogens with one attached hydrogen (secondary N) is 2. The molecule has 20 heavy (non-hydrogen) atoms. The largest absolute Gasteiger partial charge is 0.380 e. The van der Waals surface area contributed by atoms with Gasteiger partial charge < -0.3 is 15.4 Å². The molecule has 3 rings (SSSR count). The molecule has 2 bridgehead atoms. The van der Waals surface area contributed by atoms with Crippen LogP contribution >= 0.6 is 0 Å². The van der Waals surface area contributed by atoms with Crippen LogP contribution in [0.25, 0.3) is 0 Å². The monoisotopic (exact) mass is 274 g/mol. The van der Waals surface area contributed by atoms with Crippen LogP contribution in [0.1, 0.15) is 41.6 Å². The first kappa shape index (κ1) is 13.6. The average molecular weight is 274 g/mol. The standard InChI is InChI=1S/C16H22N2O2/c1-20-10-11-4-2-3-5-15(11)16(19)18-14-8-12-6-7-13(9-14)17-12/h2-5,12-14,17H,6-10H2,1H3,(H,18,19). The summed E-state index contributed by atoms with van der Waals surface area (Å²) >= 11 is 0. The SMILES string of the molecule is COCc1ccccc1C(=O)NC1CC2CCC(C1)N2. The zero-order valence-corrected chi connectivity index (χ0v) is 11.9. The Balaban J connectivity index is 1.67. The minimum absolute atomic E-state index is 0.0314. The number of piperidine rings is 1. The van der Waals surface area contributed by atoms with E-state index in [9.17, 15) is 4.79 Å². The predicted molar refractivity (Wildman–Crippen MR) is 77.6 cm³/mol. The van der Waals surface area contributed by atoms with E-state index >= 15 is 0 Å². The average Bonchev–Trinajstić information content (AvgIpc) is 2.79. The third-order valence-corrected chi connectivity index (χ3v) is 4.37. The van der Waals surface area contributed by atoms with Crippen LogP contribution in [0.15, 0.2) is 24.3 Å². The Morgan fingerprint density at radius 3 is 2.70 bits per heavy atom. The van der Waals surface area contributed by atoms with E-state index in [1.54, 1.807) is 7.11 Å². The van der Waals surface area contributed by atoms with Crippen LogP contribution in [-0.4, -0.2) is 31.1 Å². The van der Waals surface area contributed by atoms with Crippen molar-refractivity contribution in [2.75, 3.05) is 7.11 Å². The molecule has 1 amide bonds. The Labute approximate surface area is 119 Å². The molecule has 1 aromatic rings. The highest BCUT2D eigenvalue weighted by Crippen LogP contribution is 2.27. The van der Waals surface area contributed by atoms with Crippen molar-refractivity contribution >= 4 is 5.91 Å². The summed E-state index contributed by atoms with van der Waals surface area (Å²) in [5.41, 5.74) is 1.68. The van der Waals surface area contributed by atoms with Gasteiger partial charge in [-0.05, 0) is 37.3 Å². The van der Waals surface area contributed by atoms with Crippen LogP contribution in [0.3, 0.4) is 0 Å². The lowest BCUT2D eigenvalue weighted by Gasteiger charge is -2.29. The highest BCUT2D eigenvalue weighted by atomic mass is 16.5. The number of methoxy groups -OCH3 is 1. The molecule has 0 saturated carbocycles. The fourth-order valence-corrected chi connectivity index (χ4v) is 3.46. The van der Waals surface area contributed by atoms with Crippen LogP contribution in [0.2, 0.25) is 0 Å². The summed E-state index contributed by atoms with van der Waals surface area (Å²) in [4.78, 5) is 12.5. The highest BCUT2D eigenvalue weighted by molar-refractivity contribution is 5.95. The van der Waals surface area contributed by atoms with Crippen LogP contribution < -0.4 is 10.6 Å². The van der Waals surface area contributed by atoms with Gasteiger partial charge >= 0.3 is 0 Å². The minimum Gasteiger partial charge on any atom is -0.380 e.